The third kappa shape index (κ3) is 5.89. The Morgan fingerprint density at radius 2 is 2.21 bits per heavy atom. The molecule has 1 aromatic carbocycles. The largest absolute Gasteiger partial charge is 0.469 e. The van der Waals surface area contributed by atoms with Crippen LogP contribution in [0.4, 0.5) is 5.69 Å². The average Bonchev–Trinajstić information content (AvgIpc) is 2.37. The maximum absolute atomic E-state index is 10.9. The van der Waals surface area contributed by atoms with E-state index < -0.39 is 0 Å². The number of rotatable bonds is 5. The van der Waals surface area contributed by atoms with Crippen molar-refractivity contribution in [1.29, 1.82) is 0 Å². The van der Waals surface area contributed by atoms with E-state index >= 15 is 0 Å². The molecule has 4 nitrogen and oxygen atoms in total. The smallest absolute Gasteiger partial charge is 0.305 e. The summed E-state index contributed by atoms with van der Waals surface area (Å²) in [5.41, 5.74) is 1.85. The number of methoxy groups -OCH3 is 1. The number of nitrogens with one attached hydrogen (secondary N) is 2. The molecule has 0 spiro atoms. The zero-order chi connectivity index (χ0) is 14.3. The summed E-state index contributed by atoms with van der Waals surface area (Å²) in [7, 11) is 1.38. The SMILES string of the molecule is COC(=O)CCCNC(=S)Nc1ccc(C)cc1Cl. The highest BCUT2D eigenvalue weighted by Crippen LogP contribution is 2.22. The van der Waals surface area contributed by atoms with Gasteiger partial charge in [-0.05, 0) is 43.3 Å². The number of hydrogen-bond acceptors (Lipinski definition) is 3. The van der Waals surface area contributed by atoms with Gasteiger partial charge in [0.1, 0.15) is 0 Å². The number of halogens is 1. The fraction of sp³-hybridized carbons (Fsp3) is 0.385. The van der Waals surface area contributed by atoms with Gasteiger partial charge >= 0.3 is 5.97 Å². The number of hydrogen-bond donors (Lipinski definition) is 2. The van der Waals surface area contributed by atoms with Crippen molar-refractivity contribution in [3.8, 4) is 0 Å². The lowest BCUT2D eigenvalue weighted by Gasteiger charge is -2.11. The number of esters is 1. The maximum atomic E-state index is 10.9. The average molecular weight is 301 g/mol. The number of ether oxygens (including phenoxy) is 1. The Hall–Kier alpha value is -1.33. The topological polar surface area (TPSA) is 50.4 Å². The van der Waals surface area contributed by atoms with Gasteiger partial charge in [-0.3, -0.25) is 4.79 Å². The molecule has 0 saturated carbocycles. The monoisotopic (exact) mass is 300 g/mol. The molecule has 0 aliphatic rings. The zero-order valence-corrected chi connectivity index (χ0v) is 12.5. The minimum absolute atomic E-state index is 0.220. The van der Waals surface area contributed by atoms with Crippen LogP contribution in [-0.2, 0) is 9.53 Å². The van der Waals surface area contributed by atoms with Crippen LogP contribution in [0.2, 0.25) is 5.02 Å². The predicted octanol–water partition coefficient (Wildman–Crippen LogP) is 2.89. The lowest BCUT2D eigenvalue weighted by Crippen LogP contribution is -2.29. The highest BCUT2D eigenvalue weighted by atomic mass is 35.5. The molecule has 0 radical (unpaired) electrons. The zero-order valence-electron chi connectivity index (χ0n) is 11.0. The van der Waals surface area contributed by atoms with Crippen molar-refractivity contribution in [2.45, 2.75) is 19.8 Å². The van der Waals surface area contributed by atoms with Crippen molar-refractivity contribution >= 4 is 40.6 Å². The van der Waals surface area contributed by atoms with Crippen molar-refractivity contribution in [2.24, 2.45) is 0 Å². The van der Waals surface area contributed by atoms with Crippen LogP contribution in [0.3, 0.4) is 0 Å². The van der Waals surface area contributed by atoms with Gasteiger partial charge in [0.05, 0.1) is 17.8 Å². The number of carbonyl (C=O) groups excluding carboxylic acids is 1. The second kappa shape index (κ2) is 7.96. The molecule has 6 heteroatoms. The van der Waals surface area contributed by atoms with E-state index in [-0.39, 0.29) is 5.97 Å². The van der Waals surface area contributed by atoms with Crippen molar-refractivity contribution in [1.82, 2.24) is 5.32 Å². The Balaban J connectivity index is 2.33. The summed E-state index contributed by atoms with van der Waals surface area (Å²) in [6, 6.07) is 5.69. The molecule has 0 amide bonds. The Kier molecular flexibility index (Phi) is 6.59. The molecule has 0 aromatic heterocycles. The van der Waals surface area contributed by atoms with E-state index in [1.54, 1.807) is 0 Å². The molecule has 0 atom stereocenters. The summed E-state index contributed by atoms with van der Waals surface area (Å²) in [4.78, 5) is 10.9. The van der Waals surface area contributed by atoms with Gasteiger partial charge in [-0.15, -0.1) is 0 Å². The highest BCUT2D eigenvalue weighted by Gasteiger charge is 2.03. The summed E-state index contributed by atoms with van der Waals surface area (Å²) in [6.07, 6.45) is 1.04. The Morgan fingerprint density at radius 3 is 2.84 bits per heavy atom. The molecule has 0 bridgehead atoms. The van der Waals surface area contributed by atoms with Crippen LogP contribution >= 0.6 is 23.8 Å². The van der Waals surface area contributed by atoms with E-state index in [1.165, 1.54) is 7.11 Å². The molecule has 1 rings (SSSR count). The number of thiocarbonyl (C=S) groups is 1. The molecule has 0 aliphatic heterocycles. The summed E-state index contributed by atoms with van der Waals surface area (Å²) in [5.74, 6) is -0.220. The Morgan fingerprint density at radius 1 is 1.47 bits per heavy atom. The summed E-state index contributed by atoms with van der Waals surface area (Å²) >= 11 is 11.2. The van der Waals surface area contributed by atoms with Crippen molar-refractivity contribution in [3.63, 3.8) is 0 Å². The van der Waals surface area contributed by atoms with Crippen LogP contribution in [-0.4, -0.2) is 24.7 Å². The second-order valence-corrected chi connectivity index (χ2v) is 4.86. The van der Waals surface area contributed by atoms with Gasteiger partial charge in [0.15, 0.2) is 5.11 Å². The standard InChI is InChI=1S/C13H17ClN2O2S/c1-9-5-6-11(10(14)8-9)16-13(19)15-7-3-4-12(17)18-2/h5-6,8H,3-4,7H2,1-2H3,(H2,15,16,19). The van der Waals surface area contributed by atoms with E-state index in [1.807, 2.05) is 25.1 Å². The van der Waals surface area contributed by atoms with Gasteiger partial charge in [0.2, 0.25) is 0 Å². The minimum atomic E-state index is -0.220. The van der Waals surface area contributed by atoms with Crippen LogP contribution < -0.4 is 10.6 Å². The molecule has 0 saturated heterocycles. The Bertz CT molecular complexity index is 466. The third-order valence-electron chi connectivity index (χ3n) is 2.44. The fourth-order valence-corrected chi connectivity index (χ4v) is 1.92. The van der Waals surface area contributed by atoms with E-state index in [0.29, 0.717) is 29.5 Å². The molecule has 1 aromatic rings. The fourth-order valence-electron chi connectivity index (χ4n) is 1.42. The molecule has 0 aliphatic carbocycles. The first-order chi connectivity index (χ1) is 9.02. The molecule has 0 heterocycles. The van der Waals surface area contributed by atoms with Crippen LogP contribution in [0, 0.1) is 6.92 Å². The maximum Gasteiger partial charge on any atom is 0.305 e. The van der Waals surface area contributed by atoms with Gasteiger partial charge in [0, 0.05) is 13.0 Å². The molecule has 0 fully saturated rings. The van der Waals surface area contributed by atoms with Crippen LogP contribution in [0.15, 0.2) is 18.2 Å². The van der Waals surface area contributed by atoms with Gasteiger partial charge in [0.25, 0.3) is 0 Å². The van der Waals surface area contributed by atoms with E-state index in [9.17, 15) is 4.79 Å². The van der Waals surface area contributed by atoms with Crippen LogP contribution in [0.1, 0.15) is 18.4 Å². The van der Waals surface area contributed by atoms with Crippen molar-refractivity contribution in [2.75, 3.05) is 19.0 Å². The number of anilines is 1. The van der Waals surface area contributed by atoms with E-state index in [4.69, 9.17) is 23.8 Å². The number of benzene rings is 1. The summed E-state index contributed by atoms with van der Waals surface area (Å²) in [5, 5.41) is 7.12. The normalized spacial score (nSPS) is 9.84. The molecular weight excluding hydrogens is 284 g/mol. The second-order valence-electron chi connectivity index (χ2n) is 4.04. The highest BCUT2D eigenvalue weighted by molar-refractivity contribution is 7.80. The van der Waals surface area contributed by atoms with E-state index in [0.717, 1.165) is 11.3 Å². The molecule has 19 heavy (non-hydrogen) atoms. The van der Waals surface area contributed by atoms with Gasteiger partial charge in [-0.25, -0.2) is 0 Å². The van der Waals surface area contributed by atoms with Crippen LogP contribution in [0.5, 0.6) is 0 Å². The first-order valence-corrected chi connectivity index (χ1v) is 6.69. The quantitative estimate of drug-likeness (QED) is 0.497. The van der Waals surface area contributed by atoms with Gasteiger partial charge in [-0.2, -0.15) is 0 Å². The van der Waals surface area contributed by atoms with E-state index in [2.05, 4.69) is 15.4 Å². The molecule has 0 unspecified atom stereocenters. The number of carbonyl (C=O) groups is 1. The Labute approximate surface area is 123 Å². The molecule has 104 valence electrons. The first-order valence-electron chi connectivity index (χ1n) is 5.90. The van der Waals surface area contributed by atoms with Crippen molar-refractivity contribution in [3.05, 3.63) is 28.8 Å². The molecule has 2 N–H and O–H groups in total. The van der Waals surface area contributed by atoms with Crippen molar-refractivity contribution < 1.29 is 9.53 Å². The number of aryl methyl sites for hydroxylation is 1. The third-order valence-corrected chi connectivity index (χ3v) is 3.00. The predicted molar refractivity (Wildman–Crippen MR) is 81.7 cm³/mol. The summed E-state index contributed by atoms with van der Waals surface area (Å²) < 4.78 is 4.55. The minimum Gasteiger partial charge on any atom is -0.469 e. The molecular formula is C13H17ClN2O2S. The first kappa shape index (κ1) is 15.7. The lowest BCUT2D eigenvalue weighted by atomic mass is 10.2. The van der Waals surface area contributed by atoms with Gasteiger partial charge in [-0.1, -0.05) is 17.7 Å². The summed E-state index contributed by atoms with van der Waals surface area (Å²) in [6.45, 7) is 2.57. The lowest BCUT2D eigenvalue weighted by molar-refractivity contribution is -0.140. The van der Waals surface area contributed by atoms with Gasteiger partial charge < -0.3 is 15.4 Å². The van der Waals surface area contributed by atoms with Crippen LogP contribution in [0.25, 0.3) is 0 Å².